The maximum atomic E-state index is 6.24. The molecule has 0 radical (unpaired) electrons. The fraction of sp³-hybridized carbons (Fsp3) is 1.00. The van der Waals surface area contributed by atoms with Crippen molar-refractivity contribution in [1.29, 1.82) is 0 Å². The first-order chi connectivity index (χ1) is 7.74. The highest BCUT2D eigenvalue weighted by Crippen LogP contribution is 2.53. The summed E-state index contributed by atoms with van der Waals surface area (Å²) in [4.78, 5) is 0. The van der Waals surface area contributed by atoms with Crippen LogP contribution in [0.4, 0.5) is 0 Å². The minimum atomic E-state index is 0.525. The molecule has 6 unspecified atom stereocenters. The molecule has 0 amide bonds. The third kappa shape index (κ3) is 1.92. The van der Waals surface area contributed by atoms with Gasteiger partial charge in [-0.2, -0.15) is 0 Å². The largest absolute Gasteiger partial charge is 0.328 e. The maximum absolute atomic E-state index is 6.24. The molecule has 3 fully saturated rings. The normalized spacial score (nSPS) is 52.9. The summed E-state index contributed by atoms with van der Waals surface area (Å²) in [5, 5.41) is 0. The topological polar surface area (TPSA) is 26.0 Å². The second-order valence-electron chi connectivity index (χ2n) is 6.92. The van der Waals surface area contributed by atoms with Crippen LogP contribution in [-0.2, 0) is 0 Å². The smallest absolute Gasteiger partial charge is 0.00417 e. The Kier molecular flexibility index (Phi) is 2.99. The number of hydrogen-bond acceptors (Lipinski definition) is 1. The van der Waals surface area contributed by atoms with E-state index in [1.807, 2.05) is 0 Å². The molecule has 0 aliphatic heterocycles. The zero-order valence-electron chi connectivity index (χ0n) is 10.7. The van der Waals surface area contributed by atoms with Crippen molar-refractivity contribution < 1.29 is 0 Å². The molecule has 0 aromatic heterocycles. The van der Waals surface area contributed by atoms with Crippen LogP contribution in [0.1, 0.15) is 58.3 Å². The lowest BCUT2D eigenvalue weighted by Gasteiger charge is -2.30. The molecular weight excluding hydrogens is 194 g/mol. The van der Waals surface area contributed by atoms with Crippen LogP contribution in [0.25, 0.3) is 0 Å². The number of rotatable bonds is 0. The molecule has 3 rings (SSSR count). The minimum Gasteiger partial charge on any atom is -0.328 e. The zero-order valence-corrected chi connectivity index (χ0v) is 10.7. The molecule has 3 aliphatic rings. The first-order valence-electron chi connectivity index (χ1n) is 7.49. The highest BCUT2D eigenvalue weighted by molar-refractivity contribution is 4.96. The first-order valence-corrected chi connectivity index (χ1v) is 7.49. The number of hydrogen-bond donors (Lipinski definition) is 1. The van der Waals surface area contributed by atoms with E-state index in [0.29, 0.717) is 6.04 Å². The van der Waals surface area contributed by atoms with Gasteiger partial charge in [0.15, 0.2) is 0 Å². The fourth-order valence-electron chi connectivity index (χ4n) is 4.93. The van der Waals surface area contributed by atoms with Crippen LogP contribution in [0.5, 0.6) is 0 Å². The van der Waals surface area contributed by atoms with Crippen LogP contribution in [0.3, 0.4) is 0 Å². The van der Waals surface area contributed by atoms with E-state index in [-0.39, 0.29) is 0 Å². The third-order valence-electron chi connectivity index (χ3n) is 5.87. The standard InChI is InChI=1S/C15H27N/c1-10-2-4-12-8-11-5-6-13(16)9-15(12)14(11)7-3-10/h10-15H,2-9,16H2,1H3. The van der Waals surface area contributed by atoms with Crippen LogP contribution in [-0.4, -0.2) is 6.04 Å². The summed E-state index contributed by atoms with van der Waals surface area (Å²) in [6.07, 6.45) is 11.6. The molecule has 0 aromatic rings. The van der Waals surface area contributed by atoms with Crippen LogP contribution >= 0.6 is 0 Å². The highest BCUT2D eigenvalue weighted by Gasteiger charge is 2.45. The molecule has 1 heteroatoms. The van der Waals surface area contributed by atoms with E-state index in [4.69, 9.17) is 5.73 Å². The van der Waals surface area contributed by atoms with E-state index >= 15 is 0 Å². The van der Waals surface area contributed by atoms with Gasteiger partial charge in [-0.15, -0.1) is 0 Å². The van der Waals surface area contributed by atoms with Crippen LogP contribution in [0, 0.1) is 29.6 Å². The van der Waals surface area contributed by atoms with Gasteiger partial charge in [0.2, 0.25) is 0 Å². The van der Waals surface area contributed by atoms with Gasteiger partial charge in [0, 0.05) is 6.04 Å². The number of nitrogens with two attached hydrogens (primary N) is 1. The van der Waals surface area contributed by atoms with Gasteiger partial charge in [0.1, 0.15) is 0 Å². The van der Waals surface area contributed by atoms with Gasteiger partial charge in [0.25, 0.3) is 0 Å². The lowest BCUT2D eigenvalue weighted by molar-refractivity contribution is 0.205. The first kappa shape index (κ1) is 11.1. The summed E-state index contributed by atoms with van der Waals surface area (Å²) in [7, 11) is 0. The molecular formula is C15H27N. The van der Waals surface area contributed by atoms with Gasteiger partial charge in [0.05, 0.1) is 0 Å². The van der Waals surface area contributed by atoms with Crippen molar-refractivity contribution in [2.24, 2.45) is 35.3 Å². The van der Waals surface area contributed by atoms with Gasteiger partial charge >= 0.3 is 0 Å². The van der Waals surface area contributed by atoms with E-state index in [1.54, 1.807) is 6.42 Å². The van der Waals surface area contributed by atoms with Crippen LogP contribution in [0.2, 0.25) is 0 Å². The summed E-state index contributed by atoms with van der Waals surface area (Å²) in [6.45, 7) is 2.46. The Balaban J connectivity index is 1.80. The summed E-state index contributed by atoms with van der Waals surface area (Å²) >= 11 is 0. The summed E-state index contributed by atoms with van der Waals surface area (Å²) < 4.78 is 0. The van der Waals surface area contributed by atoms with Gasteiger partial charge in [-0.25, -0.2) is 0 Å². The molecule has 0 spiro atoms. The van der Waals surface area contributed by atoms with Crippen LogP contribution in [0.15, 0.2) is 0 Å². The fourth-order valence-corrected chi connectivity index (χ4v) is 4.93. The highest BCUT2D eigenvalue weighted by atomic mass is 14.7. The predicted molar refractivity (Wildman–Crippen MR) is 68.0 cm³/mol. The van der Waals surface area contributed by atoms with Crippen LogP contribution < -0.4 is 5.73 Å². The molecule has 6 atom stereocenters. The molecule has 3 saturated carbocycles. The summed E-state index contributed by atoms with van der Waals surface area (Å²) in [5.41, 5.74) is 6.24. The molecule has 0 aromatic carbocycles. The molecule has 3 aliphatic carbocycles. The van der Waals surface area contributed by atoms with Crippen molar-refractivity contribution in [3.63, 3.8) is 0 Å². The molecule has 4 bridgehead atoms. The monoisotopic (exact) mass is 221 g/mol. The lowest BCUT2D eigenvalue weighted by atomic mass is 9.76. The van der Waals surface area contributed by atoms with E-state index < -0.39 is 0 Å². The Morgan fingerprint density at radius 3 is 2.31 bits per heavy atom. The molecule has 16 heavy (non-hydrogen) atoms. The van der Waals surface area contributed by atoms with Crippen molar-refractivity contribution in [2.75, 3.05) is 0 Å². The molecule has 0 heterocycles. The lowest BCUT2D eigenvalue weighted by Crippen LogP contribution is -2.27. The van der Waals surface area contributed by atoms with Gasteiger partial charge < -0.3 is 5.73 Å². The third-order valence-corrected chi connectivity index (χ3v) is 5.87. The minimum absolute atomic E-state index is 0.525. The molecule has 0 saturated heterocycles. The van der Waals surface area contributed by atoms with Crippen molar-refractivity contribution in [1.82, 2.24) is 0 Å². The van der Waals surface area contributed by atoms with E-state index in [2.05, 4.69) is 6.92 Å². The van der Waals surface area contributed by atoms with Crippen molar-refractivity contribution in [3.05, 3.63) is 0 Å². The molecule has 2 N–H and O–H groups in total. The molecule has 1 nitrogen and oxygen atoms in total. The van der Waals surface area contributed by atoms with E-state index in [1.165, 1.54) is 44.9 Å². The second kappa shape index (κ2) is 4.33. The van der Waals surface area contributed by atoms with Crippen molar-refractivity contribution >= 4 is 0 Å². The zero-order chi connectivity index (χ0) is 11.1. The average Bonchev–Trinajstić information content (AvgIpc) is 2.51. The Morgan fingerprint density at radius 2 is 1.44 bits per heavy atom. The van der Waals surface area contributed by atoms with Crippen molar-refractivity contribution in [3.8, 4) is 0 Å². The van der Waals surface area contributed by atoms with Crippen molar-refractivity contribution in [2.45, 2.75) is 64.3 Å². The van der Waals surface area contributed by atoms with Gasteiger partial charge in [-0.1, -0.05) is 19.8 Å². The van der Waals surface area contributed by atoms with Gasteiger partial charge in [-0.05, 0) is 68.1 Å². The predicted octanol–water partition coefficient (Wildman–Crippen LogP) is 3.58. The Morgan fingerprint density at radius 1 is 0.750 bits per heavy atom. The Hall–Kier alpha value is -0.0400. The van der Waals surface area contributed by atoms with E-state index in [9.17, 15) is 0 Å². The maximum Gasteiger partial charge on any atom is 0.00417 e. The van der Waals surface area contributed by atoms with E-state index in [0.717, 1.165) is 29.6 Å². The second-order valence-corrected chi connectivity index (χ2v) is 6.92. The average molecular weight is 221 g/mol. The quantitative estimate of drug-likeness (QED) is 0.665. The molecule has 92 valence electrons. The Labute approximate surface area is 100 Å². The Bertz CT molecular complexity index is 250. The SMILES string of the molecule is CC1CCC2CC3CCC(N)CC2C3CC1. The summed E-state index contributed by atoms with van der Waals surface area (Å²) in [5.74, 6) is 5.15. The van der Waals surface area contributed by atoms with Gasteiger partial charge in [-0.3, -0.25) is 0 Å². The summed E-state index contributed by atoms with van der Waals surface area (Å²) in [6, 6.07) is 0.525.